The lowest BCUT2D eigenvalue weighted by Gasteiger charge is -2.30. The van der Waals surface area contributed by atoms with E-state index in [4.69, 9.17) is 4.74 Å². The van der Waals surface area contributed by atoms with Crippen molar-refractivity contribution in [3.8, 4) is 0 Å². The fourth-order valence-corrected chi connectivity index (χ4v) is 2.57. The van der Waals surface area contributed by atoms with Crippen LogP contribution in [0.5, 0.6) is 0 Å². The molecule has 0 saturated carbocycles. The van der Waals surface area contributed by atoms with Crippen LogP contribution in [0.25, 0.3) is 0 Å². The molecule has 1 N–H and O–H groups in total. The van der Waals surface area contributed by atoms with Crippen molar-refractivity contribution in [3.63, 3.8) is 0 Å². The van der Waals surface area contributed by atoms with E-state index in [-0.39, 0.29) is 0 Å². The Labute approximate surface area is 101 Å². The van der Waals surface area contributed by atoms with Crippen molar-refractivity contribution in [2.45, 2.75) is 76.9 Å². The number of hydrogen-bond acceptors (Lipinski definition) is 2. The summed E-state index contributed by atoms with van der Waals surface area (Å²) in [6, 6.07) is 0.585. The van der Waals surface area contributed by atoms with Crippen molar-refractivity contribution in [2.75, 3.05) is 13.7 Å². The van der Waals surface area contributed by atoms with Crippen molar-refractivity contribution in [3.05, 3.63) is 0 Å². The standard InChI is InChI=1S/C14H29NO/c1-3-4-5-6-7-10-13(15-2)14-11-8-9-12-16-14/h13-15H,3-12H2,1-2H3. The van der Waals surface area contributed by atoms with E-state index in [0.29, 0.717) is 12.1 Å². The topological polar surface area (TPSA) is 21.3 Å². The molecule has 0 aromatic heterocycles. The van der Waals surface area contributed by atoms with Gasteiger partial charge < -0.3 is 10.1 Å². The molecule has 2 unspecified atom stereocenters. The van der Waals surface area contributed by atoms with Gasteiger partial charge in [-0.05, 0) is 32.7 Å². The molecule has 1 heterocycles. The molecule has 1 aliphatic heterocycles. The van der Waals surface area contributed by atoms with E-state index in [1.54, 1.807) is 0 Å². The Morgan fingerprint density at radius 3 is 2.62 bits per heavy atom. The zero-order valence-electron chi connectivity index (χ0n) is 11.1. The highest BCUT2D eigenvalue weighted by atomic mass is 16.5. The van der Waals surface area contributed by atoms with Crippen molar-refractivity contribution >= 4 is 0 Å². The first-order valence-electron chi connectivity index (χ1n) is 7.17. The van der Waals surface area contributed by atoms with Crippen LogP contribution < -0.4 is 5.32 Å². The van der Waals surface area contributed by atoms with Gasteiger partial charge in [-0.25, -0.2) is 0 Å². The van der Waals surface area contributed by atoms with Crippen LogP contribution in [0, 0.1) is 0 Å². The van der Waals surface area contributed by atoms with Crippen LogP contribution in [0.3, 0.4) is 0 Å². The minimum Gasteiger partial charge on any atom is -0.377 e. The van der Waals surface area contributed by atoms with E-state index in [9.17, 15) is 0 Å². The van der Waals surface area contributed by atoms with Crippen LogP contribution in [0.2, 0.25) is 0 Å². The molecule has 1 rings (SSSR count). The summed E-state index contributed by atoms with van der Waals surface area (Å²) in [5, 5.41) is 3.44. The SMILES string of the molecule is CCCCCCCC(NC)C1CCCCO1. The minimum absolute atomic E-state index is 0.477. The lowest BCUT2D eigenvalue weighted by molar-refractivity contribution is -0.00816. The lowest BCUT2D eigenvalue weighted by Crippen LogP contribution is -2.41. The summed E-state index contributed by atoms with van der Waals surface area (Å²) >= 11 is 0. The van der Waals surface area contributed by atoms with Crippen LogP contribution in [-0.4, -0.2) is 25.8 Å². The molecule has 2 nitrogen and oxygen atoms in total. The molecule has 1 fully saturated rings. The Balaban J connectivity index is 2.10. The smallest absolute Gasteiger partial charge is 0.0727 e. The Morgan fingerprint density at radius 2 is 2.00 bits per heavy atom. The van der Waals surface area contributed by atoms with E-state index in [1.807, 2.05) is 0 Å². The predicted molar refractivity (Wildman–Crippen MR) is 69.8 cm³/mol. The number of unbranched alkanes of at least 4 members (excludes halogenated alkanes) is 4. The fraction of sp³-hybridized carbons (Fsp3) is 1.00. The third kappa shape index (κ3) is 5.31. The third-order valence-electron chi connectivity index (χ3n) is 3.65. The molecule has 0 aromatic carbocycles. The van der Waals surface area contributed by atoms with Crippen molar-refractivity contribution in [1.82, 2.24) is 5.32 Å². The van der Waals surface area contributed by atoms with E-state index in [2.05, 4.69) is 19.3 Å². The van der Waals surface area contributed by atoms with Crippen molar-refractivity contribution < 1.29 is 4.74 Å². The summed E-state index contributed by atoms with van der Waals surface area (Å²) in [5.74, 6) is 0. The minimum atomic E-state index is 0.477. The number of ether oxygens (including phenoxy) is 1. The second-order valence-corrected chi connectivity index (χ2v) is 5.00. The van der Waals surface area contributed by atoms with Gasteiger partial charge in [0.15, 0.2) is 0 Å². The molecule has 0 spiro atoms. The Hall–Kier alpha value is -0.0800. The Bertz CT molecular complexity index is 155. The highest BCUT2D eigenvalue weighted by molar-refractivity contribution is 4.78. The molecule has 96 valence electrons. The van der Waals surface area contributed by atoms with Gasteiger partial charge in [-0.2, -0.15) is 0 Å². The third-order valence-corrected chi connectivity index (χ3v) is 3.65. The van der Waals surface area contributed by atoms with Crippen LogP contribution in [0.1, 0.15) is 64.7 Å². The monoisotopic (exact) mass is 227 g/mol. The maximum absolute atomic E-state index is 5.85. The highest BCUT2D eigenvalue weighted by Crippen LogP contribution is 2.19. The number of rotatable bonds is 8. The van der Waals surface area contributed by atoms with Gasteiger partial charge in [0.25, 0.3) is 0 Å². The van der Waals surface area contributed by atoms with Crippen LogP contribution in [-0.2, 0) is 4.74 Å². The molecule has 1 aliphatic rings. The summed E-state index contributed by atoms with van der Waals surface area (Å²) in [4.78, 5) is 0. The van der Waals surface area contributed by atoms with Gasteiger partial charge in [-0.1, -0.05) is 39.0 Å². The van der Waals surface area contributed by atoms with Gasteiger partial charge in [0, 0.05) is 12.6 Å². The zero-order chi connectivity index (χ0) is 11.6. The Kier molecular flexibility index (Phi) is 7.87. The quantitative estimate of drug-likeness (QED) is 0.641. The van der Waals surface area contributed by atoms with Gasteiger partial charge in [0.2, 0.25) is 0 Å². The summed E-state index contributed by atoms with van der Waals surface area (Å²) in [6.45, 7) is 3.24. The van der Waals surface area contributed by atoms with E-state index >= 15 is 0 Å². The zero-order valence-corrected chi connectivity index (χ0v) is 11.1. The molecular weight excluding hydrogens is 198 g/mol. The van der Waals surface area contributed by atoms with E-state index < -0.39 is 0 Å². The van der Waals surface area contributed by atoms with Crippen molar-refractivity contribution in [2.24, 2.45) is 0 Å². The molecule has 16 heavy (non-hydrogen) atoms. The first kappa shape index (κ1) is 14.0. The molecule has 0 bridgehead atoms. The van der Waals surface area contributed by atoms with Gasteiger partial charge in [0.05, 0.1) is 6.10 Å². The first-order chi connectivity index (χ1) is 7.88. The van der Waals surface area contributed by atoms with E-state index in [0.717, 1.165) is 6.61 Å². The molecule has 2 atom stereocenters. The molecule has 0 aliphatic carbocycles. The second kappa shape index (κ2) is 9.00. The average Bonchev–Trinajstić information content (AvgIpc) is 2.35. The molecule has 0 aromatic rings. The normalized spacial score (nSPS) is 23.2. The summed E-state index contributed by atoms with van der Waals surface area (Å²) in [5.41, 5.74) is 0. The van der Waals surface area contributed by atoms with Crippen molar-refractivity contribution in [1.29, 1.82) is 0 Å². The van der Waals surface area contributed by atoms with Crippen LogP contribution in [0.15, 0.2) is 0 Å². The average molecular weight is 227 g/mol. The number of likely N-dealkylation sites (N-methyl/N-ethyl adjacent to an activating group) is 1. The van der Waals surface area contributed by atoms with E-state index in [1.165, 1.54) is 57.8 Å². The predicted octanol–water partition coefficient (Wildman–Crippen LogP) is 3.50. The summed E-state index contributed by atoms with van der Waals surface area (Å²) < 4.78 is 5.85. The largest absolute Gasteiger partial charge is 0.377 e. The van der Waals surface area contributed by atoms with Crippen LogP contribution >= 0.6 is 0 Å². The highest BCUT2D eigenvalue weighted by Gasteiger charge is 2.22. The van der Waals surface area contributed by atoms with Crippen LogP contribution in [0.4, 0.5) is 0 Å². The molecule has 2 heteroatoms. The Morgan fingerprint density at radius 1 is 1.19 bits per heavy atom. The molecule has 0 amide bonds. The summed E-state index contributed by atoms with van der Waals surface area (Å²) in [6.07, 6.45) is 12.5. The lowest BCUT2D eigenvalue weighted by atomic mass is 9.97. The first-order valence-corrected chi connectivity index (χ1v) is 7.17. The number of hydrogen-bond donors (Lipinski definition) is 1. The molecular formula is C14H29NO. The van der Waals surface area contributed by atoms with Gasteiger partial charge in [-0.15, -0.1) is 0 Å². The maximum atomic E-state index is 5.85. The van der Waals surface area contributed by atoms with Gasteiger partial charge in [-0.3, -0.25) is 0 Å². The maximum Gasteiger partial charge on any atom is 0.0727 e. The fourth-order valence-electron chi connectivity index (χ4n) is 2.57. The molecule has 0 radical (unpaired) electrons. The molecule has 1 saturated heterocycles. The second-order valence-electron chi connectivity index (χ2n) is 5.00. The number of nitrogens with one attached hydrogen (secondary N) is 1. The van der Waals surface area contributed by atoms with Gasteiger partial charge in [0.1, 0.15) is 0 Å². The summed E-state index contributed by atoms with van der Waals surface area (Å²) in [7, 11) is 2.08. The van der Waals surface area contributed by atoms with Gasteiger partial charge >= 0.3 is 0 Å².